The van der Waals surface area contributed by atoms with Crippen molar-refractivity contribution in [2.45, 2.75) is 19.4 Å². The molecule has 0 spiro atoms. The van der Waals surface area contributed by atoms with Gasteiger partial charge in [-0.1, -0.05) is 18.2 Å². The van der Waals surface area contributed by atoms with Crippen LogP contribution in [-0.2, 0) is 11.2 Å². The molecule has 1 N–H and O–H groups in total. The molecule has 0 radical (unpaired) electrons. The van der Waals surface area contributed by atoms with Crippen LogP contribution in [0.4, 0.5) is 0 Å². The van der Waals surface area contributed by atoms with Crippen LogP contribution in [0.25, 0.3) is 22.3 Å². The Morgan fingerprint density at radius 2 is 1.65 bits per heavy atom. The van der Waals surface area contributed by atoms with Crippen LogP contribution in [0, 0.1) is 0 Å². The fourth-order valence-electron chi connectivity index (χ4n) is 3.90. The third-order valence-electron chi connectivity index (χ3n) is 5.93. The minimum Gasteiger partial charge on any atom is -0.497 e. The maximum atomic E-state index is 13.4. The summed E-state index contributed by atoms with van der Waals surface area (Å²) in [6.45, 7) is 1.97. The van der Waals surface area contributed by atoms with Crippen molar-refractivity contribution in [3.8, 4) is 34.3 Å². The number of fused-ring (bicyclic) bond motifs is 1. The first kappa shape index (κ1) is 25.6. The number of benzene rings is 3. The summed E-state index contributed by atoms with van der Waals surface area (Å²) in [7, 11) is 4.73. The van der Waals surface area contributed by atoms with Crippen molar-refractivity contribution in [3.63, 3.8) is 0 Å². The lowest BCUT2D eigenvalue weighted by Crippen LogP contribution is -2.38. The van der Waals surface area contributed by atoms with Gasteiger partial charge in [0.1, 0.15) is 11.3 Å². The molecule has 4 aromatic rings. The van der Waals surface area contributed by atoms with Gasteiger partial charge in [0, 0.05) is 12.1 Å². The molecule has 8 nitrogen and oxygen atoms in total. The van der Waals surface area contributed by atoms with Crippen molar-refractivity contribution in [2.75, 3.05) is 27.9 Å². The third kappa shape index (κ3) is 5.69. The van der Waals surface area contributed by atoms with Gasteiger partial charge in [-0.2, -0.15) is 0 Å². The minimum absolute atomic E-state index is 0.0218. The molecule has 8 heteroatoms. The molecule has 4 rings (SSSR count). The lowest BCUT2D eigenvalue weighted by molar-refractivity contribution is -0.127. The lowest BCUT2D eigenvalue weighted by atomic mass is 10.1. The van der Waals surface area contributed by atoms with Gasteiger partial charge in [-0.15, -0.1) is 0 Å². The van der Waals surface area contributed by atoms with Crippen molar-refractivity contribution in [3.05, 3.63) is 82.5 Å². The first-order valence-corrected chi connectivity index (χ1v) is 11.8. The molecule has 0 saturated heterocycles. The van der Waals surface area contributed by atoms with Crippen LogP contribution in [0.2, 0.25) is 0 Å². The number of para-hydroxylation sites is 1. The highest BCUT2D eigenvalue weighted by Crippen LogP contribution is 2.32. The van der Waals surface area contributed by atoms with Crippen molar-refractivity contribution in [1.29, 1.82) is 0 Å². The van der Waals surface area contributed by atoms with Crippen LogP contribution in [0.15, 0.2) is 75.9 Å². The van der Waals surface area contributed by atoms with E-state index in [9.17, 15) is 9.59 Å². The molecule has 1 atom stereocenters. The van der Waals surface area contributed by atoms with Crippen LogP contribution in [0.5, 0.6) is 23.0 Å². The zero-order valence-electron chi connectivity index (χ0n) is 21.2. The predicted molar refractivity (Wildman–Crippen MR) is 141 cm³/mol. The van der Waals surface area contributed by atoms with Gasteiger partial charge in [0.05, 0.1) is 26.7 Å². The van der Waals surface area contributed by atoms with Gasteiger partial charge >= 0.3 is 0 Å². The molecule has 1 heterocycles. The predicted octanol–water partition coefficient (Wildman–Crippen LogP) is 4.61. The average molecular weight is 504 g/mol. The van der Waals surface area contributed by atoms with Crippen molar-refractivity contribution >= 4 is 16.9 Å². The van der Waals surface area contributed by atoms with Gasteiger partial charge in [0.15, 0.2) is 23.4 Å². The minimum atomic E-state index is -0.938. The van der Waals surface area contributed by atoms with Crippen LogP contribution >= 0.6 is 0 Å². The molecule has 0 aliphatic heterocycles. The standard InChI is InChI=1S/C29H29NO7/c1-18(29(32)30-16-15-19-9-14-24(34-3)25(17-19)35-4)36-28-26(31)22-7-5-6-8-23(22)37-27(28)20-10-12-21(33-2)13-11-20/h5-14,17-18H,15-16H2,1-4H3,(H,30,32). The number of nitrogens with one attached hydrogen (secondary N) is 1. The van der Waals surface area contributed by atoms with E-state index < -0.39 is 6.10 Å². The summed E-state index contributed by atoms with van der Waals surface area (Å²) in [5.41, 5.74) is 1.68. The fraction of sp³-hybridized carbons (Fsp3) is 0.241. The summed E-state index contributed by atoms with van der Waals surface area (Å²) in [6.07, 6.45) is -0.361. The molecule has 0 aliphatic rings. The second kappa shape index (κ2) is 11.5. The smallest absolute Gasteiger partial charge is 0.260 e. The average Bonchev–Trinajstić information content (AvgIpc) is 2.94. The van der Waals surface area contributed by atoms with E-state index in [-0.39, 0.29) is 22.8 Å². The summed E-state index contributed by atoms with van der Waals surface area (Å²) in [4.78, 5) is 26.2. The highest BCUT2D eigenvalue weighted by Gasteiger charge is 2.23. The van der Waals surface area contributed by atoms with E-state index in [4.69, 9.17) is 23.4 Å². The van der Waals surface area contributed by atoms with E-state index in [1.807, 2.05) is 18.2 Å². The molecule has 192 valence electrons. The topological polar surface area (TPSA) is 96.2 Å². The van der Waals surface area contributed by atoms with Crippen LogP contribution in [0.3, 0.4) is 0 Å². The Morgan fingerprint density at radius 3 is 2.35 bits per heavy atom. The maximum Gasteiger partial charge on any atom is 0.260 e. The van der Waals surface area contributed by atoms with Crippen molar-refractivity contribution in [2.24, 2.45) is 0 Å². The SMILES string of the molecule is COc1ccc(-c2oc3ccccc3c(=O)c2OC(C)C(=O)NCCc2ccc(OC)c(OC)c2)cc1. The van der Waals surface area contributed by atoms with Crippen LogP contribution in [0.1, 0.15) is 12.5 Å². The van der Waals surface area contributed by atoms with Gasteiger partial charge < -0.3 is 28.7 Å². The van der Waals surface area contributed by atoms with Crippen molar-refractivity contribution < 1.29 is 28.2 Å². The van der Waals surface area contributed by atoms with E-state index in [1.165, 1.54) is 0 Å². The molecule has 37 heavy (non-hydrogen) atoms. The number of amides is 1. The van der Waals surface area contributed by atoms with Crippen molar-refractivity contribution in [1.82, 2.24) is 5.32 Å². The summed E-state index contributed by atoms with van der Waals surface area (Å²) >= 11 is 0. The molecule has 0 fully saturated rings. The summed E-state index contributed by atoms with van der Waals surface area (Å²) in [5, 5.41) is 3.23. The third-order valence-corrected chi connectivity index (χ3v) is 5.93. The number of hydrogen-bond acceptors (Lipinski definition) is 7. The Bertz CT molecular complexity index is 1440. The molecule has 0 aliphatic carbocycles. The van der Waals surface area contributed by atoms with E-state index in [0.717, 1.165) is 5.56 Å². The number of rotatable bonds is 10. The Morgan fingerprint density at radius 1 is 0.919 bits per heavy atom. The Kier molecular flexibility index (Phi) is 7.98. The van der Waals surface area contributed by atoms with Gasteiger partial charge in [-0.3, -0.25) is 9.59 Å². The lowest BCUT2D eigenvalue weighted by Gasteiger charge is -2.17. The Hall–Kier alpha value is -4.46. The van der Waals surface area contributed by atoms with Gasteiger partial charge in [-0.25, -0.2) is 0 Å². The summed E-state index contributed by atoms with van der Waals surface area (Å²) in [6, 6.07) is 19.6. The second-order valence-corrected chi connectivity index (χ2v) is 8.30. The number of ether oxygens (including phenoxy) is 4. The van der Waals surface area contributed by atoms with E-state index >= 15 is 0 Å². The van der Waals surface area contributed by atoms with Gasteiger partial charge in [0.2, 0.25) is 11.2 Å². The largest absolute Gasteiger partial charge is 0.497 e. The summed E-state index contributed by atoms with van der Waals surface area (Å²) in [5.74, 6) is 1.80. The second-order valence-electron chi connectivity index (χ2n) is 8.30. The highest BCUT2D eigenvalue weighted by molar-refractivity contribution is 5.84. The van der Waals surface area contributed by atoms with Gasteiger partial charge in [0.25, 0.3) is 5.91 Å². The van der Waals surface area contributed by atoms with E-state index in [2.05, 4.69) is 5.32 Å². The zero-order chi connectivity index (χ0) is 26.4. The normalized spacial score (nSPS) is 11.6. The first-order chi connectivity index (χ1) is 17.9. The number of hydrogen-bond donors (Lipinski definition) is 1. The summed E-state index contributed by atoms with van der Waals surface area (Å²) < 4.78 is 27.8. The monoisotopic (exact) mass is 503 g/mol. The van der Waals surface area contributed by atoms with E-state index in [1.54, 1.807) is 76.8 Å². The van der Waals surface area contributed by atoms with Crippen LogP contribution in [-0.4, -0.2) is 39.9 Å². The number of methoxy groups -OCH3 is 3. The van der Waals surface area contributed by atoms with Gasteiger partial charge in [-0.05, 0) is 67.4 Å². The molecule has 1 unspecified atom stereocenters. The molecule has 0 saturated carbocycles. The Balaban J connectivity index is 1.52. The number of carbonyl (C=O) groups is 1. The fourth-order valence-corrected chi connectivity index (χ4v) is 3.90. The molecular formula is C29H29NO7. The molecule has 0 bridgehead atoms. The Labute approximate surface area is 214 Å². The highest BCUT2D eigenvalue weighted by atomic mass is 16.5. The molecule has 1 aromatic heterocycles. The number of carbonyl (C=O) groups excluding carboxylic acids is 1. The maximum absolute atomic E-state index is 13.4. The molecule has 1 amide bonds. The molecule has 3 aromatic carbocycles. The molecular weight excluding hydrogens is 474 g/mol. The quantitative estimate of drug-likeness (QED) is 0.338. The zero-order valence-corrected chi connectivity index (χ0v) is 21.2. The van der Waals surface area contributed by atoms with E-state index in [0.29, 0.717) is 46.7 Å². The first-order valence-electron chi connectivity index (χ1n) is 11.8. The van der Waals surface area contributed by atoms with Crippen LogP contribution < -0.4 is 29.7 Å².